The molecule has 0 unspecified atom stereocenters. The fourth-order valence-electron chi connectivity index (χ4n) is 3.74. The Labute approximate surface area is 134 Å². The highest BCUT2D eigenvalue weighted by Gasteiger charge is 2.48. The van der Waals surface area contributed by atoms with Gasteiger partial charge in [-0.15, -0.1) is 0 Å². The molecule has 0 spiro atoms. The first kappa shape index (κ1) is 14.4. The Bertz CT molecular complexity index is 724. The molecule has 4 rings (SSSR count). The van der Waals surface area contributed by atoms with Gasteiger partial charge in [-0.05, 0) is 48.4 Å². The summed E-state index contributed by atoms with van der Waals surface area (Å²) in [6, 6.07) is 6.66. The highest BCUT2D eigenvalue weighted by Crippen LogP contribution is 2.50. The number of hydrogen-bond acceptors (Lipinski definition) is 2. The zero-order valence-corrected chi connectivity index (χ0v) is 13.2. The molecule has 0 N–H and O–H groups in total. The number of rotatable bonds is 3. The van der Waals surface area contributed by atoms with Crippen molar-refractivity contribution in [2.45, 2.75) is 31.2 Å². The van der Waals surface area contributed by atoms with Crippen LogP contribution < -0.4 is 0 Å². The van der Waals surface area contributed by atoms with Gasteiger partial charge in [0.05, 0.1) is 12.2 Å². The molecule has 1 saturated heterocycles. The summed E-state index contributed by atoms with van der Waals surface area (Å²) in [5, 5.41) is 4.20. The maximum atomic E-state index is 13.1. The summed E-state index contributed by atoms with van der Waals surface area (Å²) in [5.41, 5.74) is 2.19. The predicted molar refractivity (Wildman–Crippen MR) is 84.1 cm³/mol. The van der Waals surface area contributed by atoms with E-state index in [1.807, 2.05) is 24.3 Å². The van der Waals surface area contributed by atoms with Gasteiger partial charge in [-0.2, -0.15) is 5.10 Å². The van der Waals surface area contributed by atoms with Crippen molar-refractivity contribution in [3.63, 3.8) is 0 Å². The van der Waals surface area contributed by atoms with E-state index in [2.05, 4.69) is 5.10 Å². The normalized spacial score (nSPS) is 26.5. The van der Waals surface area contributed by atoms with Crippen LogP contribution in [-0.2, 0) is 11.8 Å². The Kier molecular flexibility index (Phi) is 3.43. The van der Waals surface area contributed by atoms with Crippen molar-refractivity contribution in [1.82, 2.24) is 14.7 Å². The van der Waals surface area contributed by atoms with Crippen LogP contribution in [0.3, 0.4) is 0 Å². The van der Waals surface area contributed by atoms with Crippen LogP contribution in [-0.4, -0.2) is 27.1 Å². The number of aromatic nitrogens is 2. The third-order valence-electron chi connectivity index (χ3n) is 5.05. The first-order valence-corrected chi connectivity index (χ1v) is 8.18. The van der Waals surface area contributed by atoms with E-state index in [0.717, 1.165) is 36.9 Å². The van der Waals surface area contributed by atoms with Gasteiger partial charge >= 0.3 is 0 Å². The molecule has 1 aromatic heterocycles. The second-order valence-corrected chi connectivity index (χ2v) is 6.64. The fourth-order valence-corrected chi connectivity index (χ4v) is 3.74. The molecule has 2 fully saturated rings. The lowest BCUT2D eigenvalue weighted by Gasteiger charge is -2.25. The summed E-state index contributed by atoms with van der Waals surface area (Å²) in [4.78, 5) is 14.9. The van der Waals surface area contributed by atoms with Crippen molar-refractivity contribution in [3.8, 4) is 0 Å². The average molecular weight is 313 g/mol. The Morgan fingerprint density at radius 2 is 2.04 bits per heavy atom. The molecule has 23 heavy (non-hydrogen) atoms. The third-order valence-corrected chi connectivity index (χ3v) is 5.05. The molecule has 4 nitrogen and oxygen atoms in total. The minimum absolute atomic E-state index is 0.0836. The summed E-state index contributed by atoms with van der Waals surface area (Å²) in [6.07, 6.45) is 6.75. The van der Waals surface area contributed by atoms with Crippen LogP contribution in [0.25, 0.3) is 0 Å². The molecule has 1 aromatic carbocycles. The van der Waals surface area contributed by atoms with E-state index in [1.165, 1.54) is 12.1 Å². The maximum Gasteiger partial charge on any atom is 0.226 e. The first-order chi connectivity index (χ1) is 11.1. The van der Waals surface area contributed by atoms with Gasteiger partial charge < -0.3 is 4.90 Å². The highest BCUT2D eigenvalue weighted by atomic mass is 19.1. The van der Waals surface area contributed by atoms with Crippen LogP contribution in [0, 0.1) is 11.7 Å². The smallest absolute Gasteiger partial charge is 0.226 e. The number of carbonyl (C=O) groups is 1. The van der Waals surface area contributed by atoms with Crippen LogP contribution in [0.4, 0.5) is 4.39 Å². The van der Waals surface area contributed by atoms with Crippen LogP contribution in [0.15, 0.2) is 36.7 Å². The minimum atomic E-state index is -0.233. The lowest BCUT2D eigenvalue weighted by Crippen LogP contribution is -2.32. The van der Waals surface area contributed by atoms with Gasteiger partial charge in [-0.25, -0.2) is 4.39 Å². The quantitative estimate of drug-likeness (QED) is 0.873. The molecular weight excluding hydrogens is 293 g/mol. The Morgan fingerprint density at radius 1 is 1.26 bits per heavy atom. The van der Waals surface area contributed by atoms with Gasteiger partial charge in [0.15, 0.2) is 0 Å². The van der Waals surface area contributed by atoms with Gasteiger partial charge in [0.1, 0.15) is 5.82 Å². The SMILES string of the molecule is Cn1cc([C@@H]2C[C@H]2C(=O)N2CCC[C@H]2c2ccc(F)cc2)cn1. The van der Waals surface area contributed by atoms with E-state index < -0.39 is 0 Å². The Balaban J connectivity index is 1.49. The standard InChI is InChI=1S/C18H20FN3O/c1-21-11-13(10-20-21)15-9-16(15)18(23)22-8-2-3-17(22)12-4-6-14(19)7-5-12/h4-7,10-11,15-17H,2-3,8-9H2,1H3/t15-,16+,17-/m0/s1. The summed E-state index contributed by atoms with van der Waals surface area (Å²) >= 11 is 0. The molecule has 1 aliphatic carbocycles. The van der Waals surface area contributed by atoms with Gasteiger partial charge in [0.2, 0.25) is 5.91 Å². The molecule has 2 heterocycles. The van der Waals surface area contributed by atoms with E-state index in [4.69, 9.17) is 0 Å². The summed E-state index contributed by atoms with van der Waals surface area (Å²) in [6.45, 7) is 0.803. The monoisotopic (exact) mass is 313 g/mol. The molecule has 5 heteroatoms. The zero-order valence-electron chi connectivity index (χ0n) is 13.2. The molecule has 120 valence electrons. The van der Waals surface area contributed by atoms with Crippen molar-refractivity contribution in [1.29, 1.82) is 0 Å². The molecule has 2 aliphatic rings. The summed E-state index contributed by atoms with van der Waals surface area (Å²) in [5.74, 6) is 0.403. The van der Waals surface area contributed by atoms with Crippen molar-refractivity contribution in [2.75, 3.05) is 6.54 Å². The average Bonchev–Trinajstić information content (AvgIpc) is 2.98. The van der Waals surface area contributed by atoms with Crippen molar-refractivity contribution >= 4 is 5.91 Å². The molecule has 2 aromatic rings. The number of nitrogens with zero attached hydrogens (tertiary/aromatic N) is 3. The summed E-state index contributed by atoms with van der Waals surface area (Å²) < 4.78 is 14.9. The maximum absolute atomic E-state index is 13.1. The molecule has 0 bridgehead atoms. The number of aryl methyl sites for hydroxylation is 1. The number of likely N-dealkylation sites (tertiary alicyclic amines) is 1. The van der Waals surface area contributed by atoms with E-state index in [1.54, 1.807) is 16.8 Å². The van der Waals surface area contributed by atoms with Crippen LogP contribution in [0.5, 0.6) is 0 Å². The van der Waals surface area contributed by atoms with Gasteiger partial charge in [0.25, 0.3) is 0 Å². The van der Waals surface area contributed by atoms with E-state index >= 15 is 0 Å². The summed E-state index contributed by atoms with van der Waals surface area (Å²) in [7, 11) is 1.90. The number of amides is 1. The van der Waals surface area contributed by atoms with E-state index in [9.17, 15) is 9.18 Å². The van der Waals surface area contributed by atoms with Crippen LogP contribution in [0.2, 0.25) is 0 Å². The fraction of sp³-hybridized carbons (Fsp3) is 0.444. The van der Waals surface area contributed by atoms with Gasteiger partial charge in [-0.3, -0.25) is 9.48 Å². The third kappa shape index (κ3) is 2.64. The minimum Gasteiger partial charge on any atom is -0.335 e. The van der Waals surface area contributed by atoms with E-state index in [-0.39, 0.29) is 23.7 Å². The van der Waals surface area contributed by atoms with Crippen LogP contribution in [0.1, 0.15) is 42.3 Å². The lowest BCUT2D eigenvalue weighted by atomic mass is 10.0. The van der Waals surface area contributed by atoms with Crippen molar-refractivity contribution in [3.05, 3.63) is 53.6 Å². The van der Waals surface area contributed by atoms with E-state index in [0.29, 0.717) is 5.92 Å². The van der Waals surface area contributed by atoms with Crippen molar-refractivity contribution < 1.29 is 9.18 Å². The lowest BCUT2D eigenvalue weighted by molar-refractivity contribution is -0.133. The number of hydrogen-bond donors (Lipinski definition) is 0. The number of halogens is 1. The van der Waals surface area contributed by atoms with Gasteiger partial charge in [-0.1, -0.05) is 12.1 Å². The van der Waals surface area contributed by atoms with Crippen LogP contribution >= 0.6 is 0 Å². The first-order valence-electron chi connectivity index (χ1n) is 8.18. The number of benzene rings is 1. The zero-order chi connectivity index (χ0) is 16.0. The second kappa shape index (κ2) is 5.48. The molecule has 1 saturated carbocycles. The topological polar surface area (TPSA) is 38.1 Å². The largest absolute Gasteiger partial charge is 0.335 e. The Morgan fingerprint density at radius 3 is 2.74 bits per heavy atom. The Hall–Kier alpha value is -2.17. The molecule has 3 atom stereocenters. The van der Waals surface area contributed by atoms with Crippen molar-refractivity contribution in [2.24, 2.45) is 13.0 Å². The highest BCUT2D eigenvalue weighted by molar-refractivity contribution is 5.83. The molecule has 1 amide bonds. The molecule has 0 radical (unpaired) electrons. The molecule has 1 aliphatic heterocycles. The number of carbonyl (C=O) groups excluding carboxylic acids is 1. The molecular formula is C18H20FN3O. The van der Waals surface area contributed by atoms with Gasteiger partial charge in [0, 0.05) is 25.7 Å². The second-order valence-electron chi connectivity index (χ2n) is 6.64. The predicted octanol–water partition coefficient (Wildman–Crippen LogP) is 3.03.